The molecule has 0 radical (unpaired) electrons. The molecule has 0 atom stereocenters. The summed E-state index contributed by atoms with van der Waals surface area (Å²) in [6.45, 7) is 1.31. The molecule has 1 amide bonds. The lowest BCUT2D eigenvalue weighted by Gasteiger charge is -2.06. The zero-order valence-corrected chi connectivity index (χ0v) is 9.77. The second kappa shape index (κ2) is 6.45. The van der Waals surface area contributed by atoms with Crippen LogP contribution in [0.3, 0.4) is 0 Å². The molecule has 0 fully saturated rings. The molecular formula is C11H14ClFN2O. The van der Waals surface area contributed by atoms with Crippen LogP contribution < -0.4 is 10.6 Å². The standard InChI is InChI=1S/C11H14ClFN2O/c1-14-6-3-7-15-11(16)8-4-2-5-9(12)10(8)13/h2,4-5,14H,3,6-7H2,1H3,(H,15,16). The Kier molecular flexibility index (Phi) is 5.22. The molecule has 0 heterocycles. The van der Waals surface area contributed by atoms with E-state index in [4.69, 9.17) is 11.6 Å². The Hall–Kier alpha value is -1.13. The van der Waals surface area contributed by atoms with E-state index in [1.165, 1.54) is 12.1 Å². The molecule has 3 nitrogen and oxygen atoms in total. The lowest BCUT2D eigenvalue weighted by Crippen LogP contribution is -2.27. The summed E-state index contributed by atoms with van der Waals surface area (Å²) in [5, 5.41) is 5.54. The summed E-state index contributed by atoms with van der Waals surface area (Å²) in [7, 11) is 1.83. The SMILES string of the molecule is CNCCCNC(=O)c1cccc(Cl)c1F. The highest BCUT2D eigenvalue weighted by Gasteiger charge is 2.12. The van der Waals surface area contributed by atoms with Gasteiger partial charge >= 0.3 is 0 Å². The summed E-state index contributed by atoms with van der Waals surface area (Å²) >= 11 is 5.58. The lowest BCUT2D eigenvalue weighted by atomic mass is 10.2. The van der Waals surface area contributed by atoms with Gasteiger partial charge in [-0.15, -0.1) is 0 Å². The van der Waals surface area contributed by atoms with Gasteiger partial charge in [-0.05, 0) is 32.1 Å². The van der Waals surface area contributed by atoms with Crippen LogP contribution in [0, 0.1) is 5.82 Å². The van der Waals surface area contributed by atoms with Crippen molar-refractivity contribution in [1.82, 2.24) is 10.6 Å². The van der Waals surface area contributed by atoms with Crippen molar-refractivity contribution < 1.29 is 9.18 Å². The summed E-state index contributed by atoms with van der Waals surface area (Å²) in [6.07, 6.45) is 0.796. The fraction of sp³-hybridized carbons (Fsp3) is 0.364. The molecule has 0 saturated carbocycles. The summed E-state index contributed by atoms with van der Waals surface area (Å²) in [5.41, 5.74) is -0.0167. The first kappa shape index (κ1) is 12.9. The van der Waals surface area contributed by atoms with Crippen LogP contribution in [-0.4, -0.2) is 26.0 Å². The minimum absolute atomic E-state index is 0.0167. The second-order valence-corrected chi connectivity index (χ2v) is 3.72. The summed E-state index contributed by atoms with van der Waals surface area (Å²) < 4.78 is 13.4. The highest BCUT2D eigenvalue weighted by molar-refractivity contribution is 6.31. The molecule has 0 spiro atoms. The fourth-order valence-corrected chi connectivity index (χ4v) is 1.42. The molecule has 0 aliphatic heterocycles. The van der Waals surface area contributed by atoms with Crippen LogP contribution >= 0.6 is 11.6 Å². The zero-order chi connectivity index (χ0) is 12.0. The Morgan fingerprint density at radius 1 is 1.44 bits per heavy atom. The Morgan fingerprint density at radius 3 is 2.88 bits per heavy atom. The number of halogens is 2. The average Bonchev–Trinajstić information content (AvgIpc) is 2.28. The van der Waals surface area contributed by atoms with E-state index in [0.29, 0.717) is 6.54 Å². The molecule has 0 aliphatic carbocycles. The highest BCUT2D eigenvalue weighted by Crippen LogP contribution is 2.17. The van der Waals surface area contributed by atoms with Gasteiger partial charge in [0, 0.05) is 6.54 Å². The third kappa shape index (κ3) is 3.47. The Morgan fingerprint density at radius 2 is 2.19 bits per heavy atom. The quantitative estimate of drug-likeness (QED) is 0.776. The zero-order valence-electron chi connectivity index (χ0n) is 9.02. The number of hydrogen-bond acceptors (Lipinski definition) is 2. The van der Waals surface area contributed by atoms with E-state index in [1.54, 1.807) is 6.07 Å². The van der Waals surface area contributed by atoms with E-state index in [2.05, 4.69) is 10.6 Å². The maximum absolute atomic E-state index is 13.4. The predicted molar refractivity (Wildman–Crippen MR) is 62.3 cm³/mol. The number of rotatable bonds is 5. The number of carbonyl (C=O) groups is 1. The number of amides is 1. The first-order valence-corrected chi connectivity index (χ1v) is 5.41. The first-order chi connectivity index (χ1) is 7.66. The third-order valence-electron chi connectivity index (χ3n) is 2.09. The van der Waals surface area contributed by atoms with Gasteiger partial charge in [0.2, 0.25) is 0 Å². The van der Waals surface area contributed by atoms with Gasteiger partial charge in [0.1, 0.15) is 0 Å². The number of benzene rings is 1. The highest BCUT2D eigenvalue weighted by atomic mass is 35.5. The van der Waals surface area contributed by atoms with E-state index >= 15 is 0 Å². The maximum Gasteiger partial charge on any atom is 0.254 e. The van der Waals surface area contributed by atoms with Crippen LogP contribution in [0.15, 0.2) is 18.2 Å². The van der Waals surface area contributed by atoms with Crippen LogP contribution in [0.4, 0.5) is 4.39 Å². The Bertz CT molecular complexity index is 371. The summed E-state index contributed by atoms with van der Waals surface area (Å²) in [6, 6.07) is 4.37. The smallest absolute Gasteiger partial charge is 0.254 e. The van der Waals surface area contributed by atoms with E-state index in [-0.39, 0.29) is 10.6 Å². The van der Waals surface area contributed by atoms with Crippen molar-refractivity contribution in [2.45, 2.75) is 6.42 Å². The predicted octanol–water partition coefficient (Wildman–Crippen LogP) is 1.82. The van der Waals surface area contributed by atoms with Crippen LogP contribution in [0.5, 0.6) is 0 Å². The van der Waals surface area contributed by atoms with Gasteiger partial charge < -0.3 is 10.6 Å². The number of nitrogens with one attached hydrogen (secondary N) is 2. The van der Waals surface area contributed by atoms with Crippen molar-refractivity contribution in [2.24, 2.45) is 0 Å². The third-order valence-corrected chi connectivity index (χ3v) is 2.38. The van der Waals surface area contributed by atoms with Crippen molar-refractivity contribution in [3.8, 4) is 0 Å². The van der Waals surface area contributed by atoms with Crippen molar-refractivity contribution in [1.29, 1.82) is 0 Å². The van der Waals surface area contributed by atoms with E-state index in [1.807, 2.05) is 7.05 Å². The van der Waals surface area contributed by atoms with E-state index in [9.17, 15) is 9.18 Å². The van der Waals surface area contributed by atoms with Gasteiger partial charge in [0.15, 0.2) is 5.82 Å². The van der Waals surface area contributed by atoms with Crippen molar-refractivity contribution in [3.05, 3.63) is 34.6 Å². The van der Waals surface area contributed by atoms with Crippen LogP contribution in [-0.2, 0) is 0 Å². The Balaban J connectivity index is 2.56. The van der Waals surface area contributed by atoms with Gasteiger partial charge in [0.25, 0.3) is 5.91 Å². The van der Waals surface area contributed by atoms with Gasteiger partial charge in [-0.25, -0.2) is 4.39 Å². The van der Waals surface area contributed by atoms with Crippen LogP contribution in [0.25, 0.3) is 0 Å². The molecule has 16 heavy (non-hydrogen) atoms. The minimum atomic E-state index is -0.671. The molecule has 2 N–H and O–H groups in total. The summed E-state index contributed by atoms with van der Waals surface area (Å²) in [5.74, 6) is -1.11. The molecule has 1 rings (SSSR count). The first-order valence-electron chi connectivity index (χ1n) is 5.03. The normalized spacial score (nSPS) is 10.2. The van der Waals surface area contributed by atoms with Crippen LogP contribution in [0.2, 0.25) is 5.02 Å². The fourth-order valence-electron chi connectivity index (χ4n) is 1.24. The largest absolute Gasteiger partial charge is 0.352 e. The summed E-state index contributed by atoms with van der Waals surface area (Å²) in [4.78, 5) is 11.6. The molecule has 1 aromatic rings. The molecule has 5 heteroatoms. The monoisotopic (exact) mass is 244 g/mol. The topological polar surface area (TPSA) is 41.1 Å². The second-order valence-electron chi connectivity index (χ2n) is 3.31. The minimum Gasteiger partial charge on any atom is -0.352 e. The van der Waals surface area contributed by atoms with Crippen molar-refractivity contribution >= 4 is 17.5 Å². The van der Waals surface area contributed by atoms with Gasteiger partial charge in [0.05, 0.1) is 10.6 Å². The van der Waals surface area contributed by atoms with Crippen molar-refractivity contribution in [3.63, 3.8) is 0 Å². The molecule has 88 valence electrons. The number of carbonyl (C=O) groups excluding carboxylic acids is 1. The maximum atomic E-state index is 13.4. The van der Waals surface area contributed by atoms with E-state index in [0.717, 1.165) is 13.0 Å². The van der Waals surface area contributed by atoms with Gasteiger partial charge in [-0.1, -0.05) is 17.7 Å². The van der Waals surface area contributed by atoms with E-state index < -0.39 is 11.7 Å². The Labute approximate surface area is 99.0 Å². The number of hydrogen-bond donors (Lipinski definition) is 2. The van der Waals surface area contributed by atoms with Crippen molar-refractivity contribution in [2.75, 3.05) is 20.1 Å². The molecule has 0 aliphatic rings. The van der Waals surface area contributed by atoms with Gasteiger partial charge in [-0.3, -0.25) is 4.79 Å². The van der Waals surface area contributed by atoms with Crippen LogP contribution in [0.1, 0.15) is 16.8 Å². The molecular weight excluding hydrogens is 231 g/mol. The lowest BCUT2D eigenvalue weighted by molar-refractivity contribution is 0.0949. The van der Waals surface area contributed by atoms with Gasteiger partial charge in [-0.2, -0.15) is 0 Å². The molecule has 0 saturated heterocycles. The molecule has 0 unspecified atom stereocenters. The average molecular weight is 245 g/mol. The molecule has 0 aromatic heterocycles. The molecule has 0 bridgehead atoms. The molecule has 1 aromatic carbocycles.